The van der Waals surface area contributed by atoms with Crippen LogP contribution in [0.15, 0.2) is 30.9 Å². The molecule has 6 nitrogen and oxygen atoms in total. The van der Waals surface area contributed by atoms with E-state index in [4.69, 9.17) is 5.11 Å². The average molecular weight is 278 g/mol. The van der Waals surface area contributed by atoms with Crippen LogP contribution in [0.1, 0.15) is 24.2 Å². The van der Waals surface area contributed by atoms with Gasteiger partial charge in [0.15, 0.2) is 5.75 Å². The third-order valence-electron chi connectivity index (χ3n) is 2.72. The number of nitrogens with one attached hydrogen (secondary N) is 1. The number of aromatic carboxylic acids is 1. The maximum Gasteiger partial charge on any atom is 0.339 e. The summed E-state index contributed by atoms with van der Waals surface area (Å²) >= 11 is 0. The summed E-state index contributed by atoms with van der Waals surface area (Å²) in [4.78, 5) is 24.5. The van der Waals surface area contributed by atoms with Gasteiger partial charge in [-0.2, -0.15) is 0 Å². The van der Waals surface area contributed by atoms with Crippen molar-refractivity contribution >= 4 is 17.7 Å². The smallest absolute Gasteiger partial charge is 0.339 e. The lowest BCUT2D eigenvalue weighted by Gasteiger charge is -2.25. The van der Waals surface area contributed by atoms with E-state index >= 15 is 0 Å². The molecular weight excluding hydrogens is 260 g/mol. The lowest BCUT2D eigenvalue weighted by atomic mass is 10.1. The van der Waals surface area contributed by atoms with Crippen LogP contribution in [0, 0.1) is 0 Å². The molecule has 0 unspecified atom stereocenters. The van der Waals surface area contributed by atoms with Crippen LogP contribution in [0.5, 0.6) is 5.75 Å². The van der Waals surface area contributed by atoms with Crippen molar-refractivity contribution in [1.82, 2.24) is 4.90 Å². The maximum atomic E-state index is 12.1. The van der Waals surface area contributed by atoms with Crippen LogP contribution in [-0.2, 0) is 0 Å². The quantitative estimate of drug-likeness (QED) is 0.570. The highest BCUT2D eigenvalue weighted by Crippen LogP contribution is 2.27. The number of rotatable bonds is 5. The number of amides is 2. The van der Waals surface area contributed by atoms with Crippen molar-refractivity contribution in [3.05, 3.63) is 36.4 Å². The summed E-state index contributed by atoms with van der Waals surface area (Å²) in [7, 11) is 0. The number of hydrogen-bond donors (Lipinski definition) is 3. The van der Waals surface area contributed by atoms with Crippen LogP contribution in [-0.4, -0.2) is 39.7 Å². The lowest BCUT2D eigenvalue weighted by Crippen LogP contribution is -2.40. The Morgan fingerprint density at radius 1 is 1.45 bits per heavy atom. The Balaban J connectivity index is 2.98. The first kappa shape index (κ1) is 15.6. The van der Waals surface area contributed by atoms with E-state index in [0.717, 1.165) is 0 Å². The summed E-state index contributed by atoms with van der Waals surface area (Å²) in [6.45, 7) is 7.62. The summed E-state index contributed by atoms with van der Waals surface area (Å²) in [5, 5.41) is 21.2. The summed E-state index contributed by atoms with van der Waals surface area (Å²) in [6, 6.07) is 3.66. The Hall–Kier alpha value is -2.50. The molecule has 0 fully saturated rings. The molecule has 0 aliphatic carbocycles. The van der Waals surface area contributed by atoms with Gasteiger partial charge in [0.2, 0.25) is 0 Å². The van der Waals surface area contributed by atoms with Gasteiger partial charge in [-0.05, 0) is 26.0 Å². The molecule has 0 aromatic heterocycles. The first-order chi connectivity index (χ1) is 9.38. The van der Waals surface area contributed by atoms with Crippen LogP contribution in [0.25, 0.3) is 0 Å². The molecular formula is C14H18N2O4. The van der Waals surface area contributed by atoms with E-state index in [-0.39, 0.29) is 17.3 Å². The number of benzene rings is 1. The largest absolute Gasteiger partial charge is 0.505 e. The zero-order valence-corrected chi connectivity index (χ0v) is 11.5. The van der Waals surface area contributed by atoms with E-state index in [9.17, 15) is 14.7 Å². The van der Waals surface area contributed by atoms with Gasteiger partial charge in [-0.3, -0.25) is 0 Å². The highest BCUT2D eigenvalue weighted by molar-refractivity contribution is 5.97. The maximum absolute atomic E-state index is 12.1. The van der Waals surface area contributed by atoms with E-state index in [1.54, 1.807) is 6.08 Å². The minimum absolute atomic E-state index is 0.0576. The minimum Gasteiger partial charge on any atom is -0.505 e. The molecule has 0 radical (unpaired) electrons. The second-order valence-corrected chi connectivity index (χ2v) is 4.47. The third kappa shape index (κ3) is 3.50. The van der Waals surface area contributed by atoms with Crippen molar-refractivity contribution in [2.45, 2.75) is 19.9 Å². The number of carbonyl (C=O) groups excluding carboxylic acids is 1. The molecule has 0 bridgehead atoms. The zero-order valence-electron chi connectivity index (χ0n) is 11.5. The Morgan fingerprint density at radius 3 is 2.60 bits per heavy atom. The van der Waals surface area contributed by atoms with E-state index in [2.05, 4.69) is 11.9 Å². The number of urea groups is 1. The standard InChI is InChI=1S/C14H18N2O4/c1-4-8-16(9(2)3)14(20)15-11-7-5-6-10(12(11)17)13(18)19/h4-7,9,17H,1,8H2,2-3H3,(H,15,20)(H,18,19). The number of para-hydroxylation sites is 1. The zero-order chi connectivity index (χ0) is 15.3. The topological polar surface area (TPSA) is 89.9 Å². The van der Waals surface area contributed by atoms with E-state index in [0.29, 0.717) is 6.54 Å². The van der Waals surface area contributed by atoms with Gasteiger partial charge in [-0.1, -0.05) is 12.1 Å². The van der Waals surface area contributed by atoms with Crippen LogP contribution in [0.2, 0.25) is 0 Å². The molecule has 0 aliphatic heterocycles. The van der Waals surface area contributed by atoms with E-state index < -0.39 is 17.7 Å². The molecule has 2 amide bonds. The normalized spacial score (nSPS) is 10.2. The van der Waals surface area contributed by atoms with Crippen LogP contribution in [0.3, 0.4) is 0 Å². The second-order valence-electron chi connectivity index (χ2n) is 4.47. The molecule has 0 atom stereocenters. The first-order valence-corrected chi connectivity index (χ1v) is 6.12. The first-order valence-electron chi connectivity index (χ1n) is 6.12. The molecule has 1 aromatic rings. The van der Waals surface area contributed by atoms with Gasteiger partial charge in [0.05, 0.1) is 5.69 Å². The molecule has 1 aromatic carbocycles. The Kier molecular flexibility index (Phi) is 5.14. The van der Waals surface area contributed by atoms with Crippen molar-refractivity contribution in [2.75, 3.05) is 11.9 Å². The van der Waals surface area contributed by atoms with Crippen molar-refractivity contribution in [1.29, 1.82) is 0 Å². The minimum atomic E-state index is -1.26. The SMILES string of the molecule is C=CCN(C(=O)Nc1cccc(C(=O)O)c1O)C(C)C. The number of phenols is 1. The van der Waals surface area contributed by atoms with Crippen molar-refractivity contribution in [3.8, 4) is 5.75 Å². The van der Waals surface area contributed by atoms with E-state index in [1.807, 2.05) is 13.8 Å². The Morgan fingerprint density at radius 2 is 2.10 bits per heavy atom. The molecule has 20 heavy (non-hydrogen) atoms. The van der Waals surface area contributed by atoms with Gasteiger partial charge in [0.1, 0.15) is 5.56 Å². The number of carboxylic acids is 1. The number of carboxylic acid groups (broad SMARTS) is 1. The van der Waals surface area contributed by atoms with Gasteiger partial charge in [-0.25, -0.2) is 9.59 Å². The molecule has 3 N–H and O–H groups in total. The van der Waals surface area contributed by atoms with Gasteiger partial charge in [-0.15, -0.1) is 6.58 Å². The highest BCUT2D eigenvalue weighted by Gasteiger charge is 2.19. The molecule has 108 valence electrons. The predicted octanol–water partition coefficient (Wildman–Crippen LogP) is 2.52. The number of anilines is 1. The van der Waals surface area contributed by atoms with Crippen molar-refractivity contribution < 1.29 is 19.8 Å². The molecule has 0 heterocycles. The molecule has 0 saturated heterocycles. The Labute approximate surface area is 117 Å². The van der Waals surface area contributed by atoms with Gasteiger partial charge >= 0.3 is 12.0 Å². The van der Waals surface area contributed by atoms with Crippen molar-refractivity contribution in [3.63, 3.8) is 0 Å². The van der Waals surface area contributed by atoms with Crippen LogP contribution < -0.4 is 5.32 Å². The fourth-order valence-corrected chi connectivity index (χ4v) is 1.67. The van der Waals surface area contributed by atoms with Gasteiger partial charge in [0.25, 0.3) is 0 Å². The fourth-order valence-electron chi connectivity index (χ4n) is 1.67. The van der Waals surface area contributed by atoms with Crippen molar-refractivity contribution in [2.24, 2.45) is 0 Å². The Bertz CT molecular complexity index is 526. The third-order valence-corrected chi connectivity index (χ3v) is 2.72. The summed E-state index contributed by atoms with van der Waals surface area (Å²) < 4.78 is 0. The van der Waals surface area contributed by atoms with Gasteiger partial charge < -0.3 is 20.4 Å². The fraction of sp³-hybridized carbons (Fsp3) is 0.286. The number of hydrogen-bond acceptors (Lipinski definition) is 3. The molecule has 0 saturated carbocycles. The summed E-state index contributed by atoms with van der Waals surface area (Å²) in [5.41, 5.74) is -0.202. The molecule has 0 aliphatic rings. The monoisotopic (exact) mass is 278 g/mol. The molecule has 6 heteroatoms. The summed E-state index contributed by atoms with van der Waals surface area (Å²) in [5.74, 6) is -1.72. The van der Waals surface area contributed by atoms with Crippen LogP contribution in [0.4, 0.5) is 10.5 Å². The summed E-state index contributed by atoms with van der Waals surface area (Å²) in [6.07, 6.45) is 1.59. The number of carbonyl (C=O) groups is 2. The number of nitrogens with zero attached hydrogens (tertiary/aromatic N) is 1. The highest BCUT2D eigenvalue weighted by atomic mass is 16.4. The second kappa shape index (κ2) is 6.60. The number of aromatic hydroxyl groups is 1. The predicted molar refractivity (Wildman–Crippen MR) is 76.1 cm³/mol. The van der Waals surface area contributed by atoms with Crippen LogP contribution >= 0.6 is 0 Å². The average Bonchev–Trinajstić information content (AvgIpc) is 2.37. The van der Waals surface area contributed by atoms with E-state index in [1.165, 1.54) is 23.1 Å². The lowest BCUT2D eigenvalue weighted by molar-refractivity contribution is 0.0693. The molecule has 0 spiro atoms. The van der Waals surface area contributed by atoms with Gasteiger partial charge in [0, 0.05) is 12.6 Å². The molecule has 1 rings (SSSR count).